The minimum absolute atomic E-state index is 0.0349. The fourth-order valence-electron chi connectivity index (χ4n) is 3.23. The molecule has 0 heterocycles. The second-order valence-corrected chi connectivity index (χ2v) is 11.2. The first-order valence-electron chi connectivity index (χ1n) is 10.8. The number of rotatable bonds is 7. The maximum atomic E-state index is 13.3. The summed E-state index contributed by atoms with van der Waals surface area (Å²) in [6.45, 7) is 7.75. The normalized spacial score (nSPS) is 12.3. The summed E-state index contributed by atoms with van der Waals surface area (Å²) in [4.78, 5) is 12.8. The van der Waals surface area contributed by atoms with E-state index in [2.05, 4.69) is 31.3 Å². The van der Waals surface area contributed by atoms with E-state index in [1.165, 1.54) is 17.7 Å². The first kappa shape index (κ1) is 25.5. The number of hydrazone groups is 1. The SMILES string of the molecule is C/C(=N/NC(=O)CN(c1ccc(Cl)cc1)S(=O)(=O)c1ccccc1)c1ccc(C(C)(C)C)cc1. The predicted molar refractivity (Wildman–Crippen MR) is 138 cm³/mol. The Balaban J connectivity index is 1.81. The number of hydrogen-bond acceptors (Lipinski definition) is 4. The molecule has 0 spiro atoms. The zero-order valence-electron chi connectivity index (χ0n) is 19.6. The standard InChI is InChI=1S/C26H28ClN3O3S/c1-19(20-10-12-21(13-11-20)26(2,3)4)28-29-25(31)18-30(23-16-14-22(27)15-17-23)34(32,33)24-8-6-5-7-9-24/h5-17H,18H2,1-4H3,(H,29,31)/b28-19-. The predicted octanol–water partition coefficient (Wildman–Crippen LogP) is 5.37. The molecule has 0 aromatic heterocycles. The van der Waals surface area contributed by atoms with E-state index >= 15 is 0 Å². The molecule has 0 aliphatic rings. The summed E-state index contributed by atoms with van der Waals surface area (Å²) in [6, 6.07) is 22.2. The average molecular weight is 498 g/mol. The van der Waals surface area contributed by atoms with E-state index in [9.17, 15) is 13.2 Å². The number of nitrogens with zero attached hydrogens (tertiary/aromatic N) is 2. The van der Waals surface area contributed by atoms with Crippen molar-refractivity contribution in [3.8, 4) is 0 Å². The number of hydrogen-bond donors (Lipinski definition) is 1. The molecule has 0 fully saturated rings. The molecule has 178 valence electrons. The van der Waals surface area contributed by atoms with E-state index in [1.807, 2.05) is 24.3 Å². The molecule has 0 aliphatic heterocycles. The number of benzene rings is 3. The Hall–Kier alpha value is -3.16. The van der Waals surface area contributed by atoms with Crippen LogP contribution < -0.4 is 9.73 Å². The zero-order valence-corrected chi connectivity index (χ0v) is 21.2. The van der Waals surface area contributed by atoms with Crippen LogP contribution >= 0.6 is 11.6 Å². The second-order valence-electron chi connectivity index (χ2n) is 8.86. The van der Waals surface area contributed by atoms with Gasteiger partial charge < -0.3 is 0 Å². The number of sulfonamides is 1. The third kappa shape index (κ3) is 6.24. The van der Waals surface area contributed by atoms with Crippen molar-refractivity contribution in [2.45, 2.75) is 38.0 Å². The van der Waals surface area contributed by atoms with E-state index in [-0.39, 0.29) is 10.3 Å². The van der Waals surface area contributed by atoms with E-state index in [0.29, 0.717) is 16.4 Å². The smallest absolute Gasteiger partial charge is 0.264 e. The van der Waals surface area contributed by atoms with Gasteiger partial charge in [0.2, 0.25) is 0 Å². The second kappa shape index (κ2) is 10.4. The lowest BCUT2D eigenvalue weighted by atomic mass is 9.86. The van der Waals surface area contributed by atoms with Gasteiger partial charge in [0.1, 0.15) is 6.54 Å². The summed E-state index contributed by atoms with van der Waals surface area (Å²) in [5, 5.41) is 4.64. The maximum absolute atomic E-state index is 13.3. The van der Waals surface area contributed by atoms with Gasteiger partial charge in [0, 0.05) is 5.02 Å². The Labute approximate surface area is 206 Å². The fourth-order valence-corrected chi connectivity index (χ4v) is 4.80. The zero-order chi connectivity index (χ0) is 24.9. The van der Waals surface area contributed by atoms with Gasteiger partial charge in [-0.25, -0.2) is 13.8 Å². The molecule has 0 unspecified atom stereocenters. The number of carbonyl (C=O) groups excluding carboxylic acids is 1. The van der Waals surface area contributed by atoms with Gasteiger partial charge in [-0.3, -0.25) is 9.10 Å². The summed E-state index contributed by atoms with van der Waals surface area (Å²) >= 11 is 5.97. The quantitative estimate of drug-likeness (QED) is 0.352. The Morgan fingerprint density at radius 2 is 1.53 bits per heavy atom. The van der Waals surface area contributed by atoms with Crippen molar-refractivity contribution in [2.75, 3.05) is 10.8 Å². The van der Waals surface area contributed by atoms with Gasteiger partial charge in [-0.05, 0) is 59.9 Å². The number of anilines is 1. The lowest BCUT2D eigenvalue weighted by Crippen LogP contribution is -2.39. The van der Waals surface area contributed by atoms with Crippen LogP contribution in [0, 0.1) is 0 Å². The van der Waals surface area contributed by atoms with Crippen molar-refractivity contribution in [1.82, 2.24) is 5.43 Å². The van der Waals surface area contributed by atoms with Crippen LogP contribution in [-0.2, 0) is 20.2 Å². The Morgan fingerprint density at radius 3 is 2.09 bits per heavy atom. The van der Waals surface area contributed by atoms with Crippen LogP contribution in [0.2, 0.25) is 5.02 Å². The van der Waals surface area contributed by atoms with Gasteiger partial charge >= 0.3 is 0 Å². The highest BCUT2D eigenvalue weighted by atomic mass is 35.5. The Bertz CT molecular complexity index is 1270. The van der Waals surface area contributed by atoms with Crippen molar-refractivity contribution in [3.05, 3.63) is 95.0 Å². The average Bonchev–Trinajstić information content (AvgIpc) is 2.81. The van der Waals surface area contributed by atoms with Gasteiger partial charge in [-0.1, -0.05) is 74.8 Å². The lowest BCUT2D eigenvalue weighted by molar-refractivity contribution is -0.119. The van der Waals surface area contributed by atoms with Gasteiger partial charge in [0.25, 0.3) is 15.9 Å². The number of amides is 1. The van der Waals surface area contributed by atoms with Crippen LogP contribution in [0.5, 0.6) is 0 Å². The van der Waals surface area contributed by atoms with E-state index in [4.69, 9.17) is 11.6 Å². The summed E-state index contributed by atoms with van der Waals surface area (Å²) in [6.07, 6.45) is 0. The first-order valence-corrected chi connectivity index (χ1v) is 12.6. The number of carbonyl (C=O) groups is 1. The highest BCUT2D eigenvalue weighted by molar-refractivity contribution is 7.92. The first-order chi connectivity index (χ1) is 16.0. The van der Waals surface area contributed by atoms with Crippen molar-refractivity contribution < 1.29 is 13.2 Å². The molecule has 3 aromatic carbocycles. The third-order valence-corrected chi connectivity index (χ3v) is 7.29. The lowest BCUT2D eigenvalue weighted by Gasteiger charge is -2.23. The molecule has 1 amide bonds. The molecule has 0 saturated carbocycles. The fraction of sp³-hybridized carbons (Fsp3) is 0.231. The highest BCUT2D eigenvalue weighted by Crippen LogP contribution is 2.25. The maximum Gasteiger partial charge on any atom is 0.264 e. The number of nitrogens with one attached hydrogen (secondary N) is 1. The van der Waals surface area contributed by atoms with E-state index in [0.717, 1.165) is 9.87 Å². The molecule has 3 rings (SSSR count). The van der Waals surface area contributed by atoms with Crippen LogP contribution in [0.3, 0.4) is 0 Å². The largest absolute Gasteiger partial charge is 0.271 e. The Morgan fingerprint density at radius 1 is 0.941 bits per heavy atom. The molecular formula is C26H28ClN3O3S. The monoisotopic (exact) mass is 497 g/mol. The molecule has 1 N–H and O–H groups in total. The van der Waals surface area contributed by atoms with Gasteiger partial charge in [-0.15, -0.1) is 0 Å². The summed E-state index contributed by atoms with van der Waals surface area (Å²) in [5.41, 5.74) is 5.50. The summed E-state index contributed by atoms with van der Waals surface area (Å²) in [5.74, 6) is -0.569. The van der Waals surface area contributed by atoms with Gasteiger partial charge in [0.15, 0.2) is 0 Å². The topological polar surface area (TPSA) is 78.8 Å². The van der Waals surface area contributed by atoms with Crippen LogP contribution in [-0.4, -0.2) is 26.6 Å². The molecule has 8 heteroatoms. The molecule has 6 nitrogen and oxygen atoms in total. The highest BCUT2D eigenvalue weighted by Gasteiger charge is 2.27. The molecule has 0 saturated heterocycles. The van der Waals surface area contributed by atoms with Crippen LogP contribution in [0.4, 0.5) is 5.69 Å². The van der Waals surface area contributed by atoms with Crippen LogP contribution in [0.1, 0.15) is 38.8 Å². The van der Waals surface area contributed by atoms with Gasteiger partial charge in [0.05, 0.1) is 16.3 Å². The Kier molecular flexibility index (Phi) is 7.79. The van der Waals surface area contributed by atoms with Crippen molar-refractivity contribution in [3.63, 3.8) is 0 Å². The van der Waals surface area contributed by atoms with E-state index in [1.54, 1.807) is 49.4 Å². The molecule has 3 aromatic rings. The van der Waals surface area contributed by atoms with Crippen LogP contribution in [0.15, 0.2) is 88.9 Å². The molecule has 0 atom stereocenters. The third-order valence-electron chi connectivity index (χ3n) is 5.25. The minimum atomic E-state index is -3.99. The van der Waals surface area contributed by atoms with Crippen molar-refractivity contribution in [2.24, 2.45) is 5.10 Å². The van der Waals surface area contributed by atoms with Crippen LogP contribution in [0.25, 0.3) is 0 Å². The van der Waals surface area contributed by atoms with Crippen molar-refractivity contribution in [1.29, 1.82) is 0 Å². The molecule has 0 aliphatic carbocycles. The summed E-state index contributed by atoms with van der Waals surface area (Å²) < 4.78 is 27.6. The molecular weight excluding hydrogens is 470 g/mol. The van der Waals surface area contributed by atoms with Gasteiger partial charge in [-0.2, -0.15) is 5.10 Å². The molecule has 0 radical (unpaired) electrons. The molecule has 34 heavy (non-hydrogen) atoms. The van der Waals surface area contributed by atoms with Crippen molar-refractivity contribution >= 4 is 38.9 Å². The van der Waals surface area contributed by atoms with E-state index < -0.39 is 22.5 Å². The molecule has 0 bridgehead atoms. The minimum Gasteiger partial charge on any atom is -0.271 e. The number of halogens is 1. The summed E-state index contributed by atoms with van der Waals surface area (Å²) in [7, 11) is -3.99.